The van der Waals surface area contributed by atoms with Gasteiger partial charge >= 0.3 is 7.82 Å². The van der Waals surface area contributed by atoms with Crippen molar-refractivity contribution in [3.05, 3.63) is 0 Å². The topological polar surface area (TPSA) is 163 Å². The molecule has 0 aromatic carbocycles. The standard InChI is InChI=1S/C6H14NO8P/c7-3-5(15-16(11,12)13)4(9)2(1-8)14-6(3)10/h2-6,8-10H,1,7H2,(H2,11,12,13)/t2-,3-,4+,5-,6?/m1/s1. The predicted molar refractivity (Wildman–Crippen MR) is 48.9 cm³/mol. The van der Waals surface area contributed by atoms with Gasteiger partial charge < -0.3 is 35.6 Å². The number of aliphatic hydroxyl groups is 3. The number of hydrogen-bond acceptors (Lipinski definition) is 7. The number of nitrogens with two attached hydrogens (primary N) is 1. The number of phosphoric acid groups is 1. The number of hydrogen-bond donors (Lipinski definition) is 6. The Morgan fingerprint density at radius 1 is 1.38 bits per heavy atom. The van der Waals surface area contributed by atoms with Crippen LogP contribution in [-0.4, -0.2) is 62.4 Å². The Balaban J connectivity index is 2.81. The van der Waals surface area contributed by atoms with Crippen LogP contribution >= 0.6 is 7.82 Å². The summed E-state index contributed by atoms with van der Waals surface area (Å²) >= 11 is 0. The van der Waals surface area contributed by atoms with E-state index in [0.717, 1.165) is 0 Å². The Morgan fingerprint density at radius 2 is 1.94 bits per heavy atom. The SMILES string of the molecule is N[C@H]1C(O)O[C@H](CO)[C@H](O)[C@@H]1OP(=O)(O)O. The first-order valence-electron chi connectivity index (χ1n) is 4.38. The molecule has 1 aliphatic heterocycles. The average molecular weight is 259 g/mol. The Labute approximate surface area is 90.6 Å². The molecule has 16 heavy (non-hydrogen) atoms. The fourth-order valence-corrected chi connectivity index (χ4v) is 1.98. The van der Waals surface area contributed by atoms with E-state index in [1.807, 2.05) is 0 Å². The van der Waals surface area contributed by atoms with E-state index in [2.05, 4.69) is 4.52 Å². The zero-order chi connectivity index (χ0) is 12.5. The van der Waals surface area contributed by atoms with Crippen molar-refractivity contribution < 1.29 is 38.9 Å². The number of ether oxygens (including phenoxy) is 1. The molecule has 0 aromatic heterocycles. The first-order chi connectivity index (χ1) is 7.26. The van der Waals surface area contributed by atoms with Crippen molar-refractivity contribution in [1.82, 2.24) is 0 Å². The van der Waals surface area contributed by atoms with Gasteiger partial charge in [0.2, 0.25) is 0 Å². The molecule has 10 heteroatoms. The average Bonchev–Trinajstić information content (AvgIpc) is 2.17. The molecule has 0 radical (unpaired) electrons. The fraction of sp³-hybridized carbons (Fsp3) is 1.00. The lowest BCUT2D eigenvalue weighted by Gasteiger charge is -2.40. The number of aliphatic hydroxyl groups excluding tert-OH is 3. The first kappa shape index (κ1) is 14.0. The Hall–Kier alpha value is -0.0900. The van der Waals surface area contributed by atoms with Gasteiger partial charge in [0, 0.05) is 0 Å². The molecule has 0 amide bonds. The van der Waals surface area contributed by atoms with Gasteiger partial charge in [0.05, 0.1) is 12.6 Å². The third kappa shape index (κ3) is 3.20. The zero-order valence-electron chi connectivity index (χ0n) is 8.08. The molecule has 1 saturated heterocycles. The molecule has 1 rings (SSSR count). The molecular formula is C6H14NO8P. The molecule has 0 bridgehead atoms. The van der Waals surface area contributed by atoms with Gasteiger partial charge in [-0.25, -0.2) is 4.57 Å². The molecule has 7 N–H and O–H groups in total. The van der Waals surface area contributed by atoms with Crippen LogP contribution in [0.25, 0.3) is 0 Å². The van der Waals surface area contributed by atoms with Crippen molar-refractivity contribution >= 4 is 7.82 Å². The lowest BCUT2D eigenvalue weighted by atomic mass is 9.98. The highest BCUT2D eigenvalue weighted by Gasteiger charge is 2.46. The Bertz CT molecular complexity index is 282. The minimum atomic E-state index is -4.86. The maximum atomic E-state index is 10.6. The maximum Gasteiger partial charge on any atom is 0.470 e. The highest BCUT2D eigenvalue weighted by atomic mass is 31.2. The van der Waals surface area contributed by atoms with Gasteiger partial charge in [-0.3, -0.25) is 4.52 Å². The quantitative estimate of drug-likeness (QED) is 0.287. The van der Waals surface area contributed by atoms with Crippen LogP contribution < -0.4 is 5.73 Å². The summed E-state index contributed by atoms with van der Waals surface area (Å²) < 4.78 is 19.6. The van der Waals surface area contributed by atoms with Gasteiger partial charge in [0.1, 0.15) is 18.3 Å². The van der Waals surface area contributed by atoms with Gasteiger partial charge in [-0.2, -0.15) is 0 Å². The summed E-state index contributed by atoms with van der Waals surface area (Å²) in [4.78, 5) is 17.2. The van der Waals surface area contributed by atoms with Crippen molar-refractivity contribution in [3.8, 4) is 0 Å². The normalized spacial score (nSPS) is 41.0. The van der Waals surface area contributed by atoms with E-state index in [0.29, 0.717) is 0 Å². The maximum absolute atomic E-state index is 10.6. The van der Waals surface area contributed by atoms with E-state index < -0.39 is 45.1 Å². The fourth-order valence-electron chi connectivity index (χ4n) is 1.39. The highest BCUT2D eigenvalue weighted by Crippen LogP contribution is 2.40. The van der Waals surface area contributed by atoms with Crippen molar-refractivity contribution in [2.45, 2.75) is 30.6 Å². The van der Waals surface area contributed by atoms with Gasteiger partial charge in [0.25, 0.3) is 0 Å². The van der Waals surface area contributed by atoms with Crippen LogP contribution in [0.15, 0.2) is 0 Å². The molecule has 1 unspecified atom stereocenters. The van der Waals surface area contributed by atoms with E-state index >= 15 is 0 Å². The second-order valence-electron chi connectivity index (χ2n) is 3.38. The molecule has 0 spiro atoms. The van der Waals surface area contributed by atoms with Crippen molar-refractivity contribution in [2.24, 2.45) is 5.73 Å². The van der Waals surface area contributed by atoms with E-state index in [1.54, 1.807) is 0 Å². The molecule has 1 heterocycles. The first-order valence-corrected chi connectivity index (χ1v) is 5.91. The molecule has 0 saturated carbocycles. The van der Waals surface area contributed by atoms with Gasteiger partial charge in [0.15, 0.2) is 6.29 Å². The molecule has 1 aliphatic rings. The van der Waals surface area contributed by atoms with Crippen molar-refractivity contribution in [3.63, 3.8) is 0 Å². The highest BCUT2D eigenvalue weighted by molar-refractivity contribution is 7.46. The smallest absolute Gasteiger partial charge is 0.394 e. The van der Waals surface area contributed by atoms with Crippen molar-refractivity contribution in [1.29, 1.82) is 0 Å². The zero-order valence-corrected chi connectivity index (χ0v) is 8.97. The summed E-state index contributed by atoms with van der Waals surface area (Å²) in [5.74, 6) is 0. The molecule has 9 nitrogen and oxygen atoms in total. The molecule has 1 fully saturated rings. The monoisotopic (exact) mass is 259 g/mol. The minimum absolute atomic E-state index is 0.647. The van der Waals surface area contributed by atoms with Crippen LogP contribution in [0, 0.1) is 0 Å². The summed E-state index contributed by atoms with van der Waals surface area (Å²) in [5, 5.41) is 27.6. The summed E-state index contributed by atoms with van der Waals surface area (Å²) in [6.07, 6.45) is -5.87. The van der Waals surface area contributed by atoms with Gasteiger partial charge in [-0.1, -0.05) is 0 Å². The summed E-state index contributed by atoms with van der Waals surface area (Å²) in [6, 6.07) is -1.33. The van der Waals surface area contributed by atoms with E-state index in [4.69, 9.17) is 25.4 Å². The van der Waals surface area contributed by atoms with Crippen LogP contribution in [-0.2, 0) is 13.8 Å². The van der Waals surface area contributed by atoms with Crippen LogP contribution in [0.5, 0.6) is 0 Å². The summed E-state index contributed by atoms with van der Waals surface area (Å²) in [5.41, 5.74) is 5.35. The molecule has 96 valence electrons. The lowest BCUT2D eigenvalue weighted by Crippen LogP contribution is -2.62. The third-order valence-electron chi connectivity index (χ3n) is 2.18. The third-order valence-corrected chi connectivity index (χ3v) is 2.70. The van der Waals surface area contributed by atoms with Gasteiger partial charge in [-0.05, 0) is 0 Å². The van der Waals surface area contributed by atoms with Crippen molar-refractivity contribution in [2.75, 3.05) is 6.61 Å². The second-order valence-corrected chi connectivity index (χ2v) is 4.57. The Kier molecular flexibility index (Phi) is 4.41. The largest absolute Gasteiger partial charge is 0.470 e. The van der Waals surface area contributed by atoms with E-state index in [1.165, 1.54) is 0 Å². The second kappa shape index (κ2) is 5.05. The minimum Gasteiger partial charge on any atom is -0.394 e. The van der Waals surface area contributed by atoms with Crippen LogP contribution in [0.4, 0.5) is 0 Å². The number of phosphoric ester groups is 1. The molecule has 5 atom stereocenters. The van der Waals surface area contributed by atoms with Crippen LogP contribution in [0.3, 0.4) is 0 Å². The van der Waals surface area contributed by atoms with Crippen LogP contribution in [0.1, 0.15) is 0 Å². The molecule has 0 aliphatic carbocycles. The molecular weight excluding hydrogens is 245 g/mol. The summed E-state index contributed by atoms with van der Waals surface area (Å²) in [6.45, 7) is -0.647. The van der Waals surface area contributed by atoms with Crippen LogP contribution in [0.2, 0.25) is 0 Å². The number of rotatable bonds is 3. The van der Waals surface area contributed by atoms with E-state index in [-0.39, 0.29) is 0 Å². The predicted octanol–water partition coefficient (Wildman–Crippen LogP) is -3.14. The Morgan fingerprint density at radius 3 is 2.38 bits per heavy atom. The van der Waals surface area contributed by atoms with Gasteiger partial charge in [-0.15, -0.1) is 0 Å². The lowest BCUT2D eigenvalue weighted by molar-refractivity contribution is -0.246. The summed E-state index contributed by atoms with van der Waals surface area (Å²) in [7, 11) is -4.86. The molecule has 0 aromatic rings. The van der Waals surface area contributed by atoms with E-state index in [9.17, 15) is 14.8 Å².